The fourth-order valence-corrected chi connectivity index (χ4v) is 3.46. The van der Waals surface area contributed by atoms with Crippen LogP contribution in [0.5, 0.6) is 0 Å². The Morgan fingerprint density at radius 3 is 2.19 bits per heavy atom. The number of nitrogens with one attached hydrogen (secondary N) is 1. The molecule has 0 aromatic rings. The number of hydrogen-bond donors (Lipinski definition) is 8. The van der Waals surface area contributed by atoms with E-state index in [2.05, 4.69) is 5.32 Å². The molecule has 2 saturated heterocycles. The van der Waals surface area contributed by atoms with Crippen molar-refractivity contribution in [3.63, 3.8) is 0 Å². The van der Waals surface area contributed by atoms with Crippen molar-refractivity contribution in [3.8, 4) is 0 Å². The summed E-state index contributed by atoms with van der Waals surface area (Å²) >= 11 is 0. The molecule has 0 bridgehead atoms. The fraction of sp³-hybridized carbons (Fsp3) is 0.882. The van der Waals surface area contributed by atoms with E-state index >= 15 is 0 Å². The van der Waals surface area contributed by atoms with Gasteiger partial charge in [0.25, 0.3) is 0 Å². The number of aliphatic hydroxyl groups is 5. The Labute approximate surface area is 177 Å². The summed E-state index contributed by atoms with van der Waals surface area (Å²) in [5.41, 5.74) is 5.91. The van der Waals surface area contributed by atoms with E-state index in [4.69, 9.17) is 29.8 Å². The zero-order valence-electron chi connectivity index (χ0n) is 17.0. The maximum atomic E-state index is 11.6. The number of rotatable bonds is 8. The van der Waals surface area contributed by atoms with E-state index in [0.29, 0.717) is 0 Å². The van der Waals surface area contributed by atoms with E-state index in [1.807, 2.05) is 0 Å². The average Bonchev–Trinajstić information content (AvgIpc) is 2.71. The lowest BCUT2D eigenvalue weighted by Gasteiger charge is -2.48. The van der Waals surface area contributed by atoms with Gasteiger partial charge < -0.3 is 60.6 Å². The lowest BCUT2D eigenvalue weighted by molar-refractivity contribution is -0.331. The maximum absolute atomic E-state index is 11.6. The summed E-state index contributed by atoms with van der Waals surface area (Å²) in [4.78, 5) is 22.8. The van der Waals surface area contributed by atoms with E-state index < -0.39 is 92.5 Å². The highest BCUT2D eigenvalue weighted by Gasteiger charge is 2.51. The number of carbonyl (C=O) groups is 2. The van der Waals surface area contributed by atoms with Crippen LogP contribution in [0.15, 0.2) is 0 Å². The Bertz CT molecular complexity index is 624. The van der Waals surface area contributed by atoms with Crippen molar-refractivity contribution in [2.75, 3.05) is 13.2 Å². The number of carboxylic acids is 1. The van der Waals surface area contributed by atoms with Crippen LogP contribution in [0.4, 0.5) is 0 Å². The van der Waals surface area contributed by atoms with Gasteiger partial charge in [0.1, 0.15) is 42.7 Å². The number of carboxylic acid groups (broad SMARTS) is 1. The summed E-state index contributed by atoms with van der Waals surface area (Å²) in [6.45, 7) is 0.994. The molecule has 11 unspecified atom stereocenters. The SMILES string of the molecule is CC(=O)NC1C(OC2C(CO)OC(O)C(N)C2OC(C)C(=O)O)OC(CO)C(O)C1O. The molecule has 14 nitrogen and oxygen atoms in total. The van der Waals surface area contributed by atoms with Gasteiger partial charge in [-0.1, -0.05) is 0 Å². The number of nitrogens with two attached hydrogens (primary N) is 1. The number of aliphatic hydroxyl groups excluding tert-OH is 5. The van der Waals surface area contributed by atoms with Crippen LogP contribution < -0.4 is 11.1 Å². The van der Waals surface area contributed by atoms with Crippen molar-refractivity contribution in [1.29, 1.82) is 0 Å². The smallest absolute Gasteiger partial charge is 0.332 e. The first-order chi connectivity index (χ1) is 14.5. The Hall–Kier alpha value is -1.46. The van der Waals surface area contributed by atoms with Crippen LogP contribution in [0, 0.1) is 0 Å². The molecule has 2 rings (SSSR count). The molecular weight excluding hydrogens is 424 g/mol. The zero-order chi connectivity index (χ0) is 23.5. The van der Waals surface area contributed by atoms with Crippen molar-refractivity contribution in [2.24, 2.45) is 5.73 Å². The van der Waals surface area contributed by atoms with Gasteiger partial charge in [-0.3, -0.25) is 4.79 Å². The Morgan fingerprint density at radius 2 is 1.68 bits per heavy atom. The van der Waals surface area contributed by atoms with Crippen LogP contribution in [0.3, 0.4) is 0 Å². The monoisotopic (exact) mass is 454 g/mol. The predicted molar refractivity (Wildman–Crippen MR) is 98.1 cm³/mol. The highest BCUT2D eigenvalue weighted by Crippen LogP contribution is 2.30. The highest BCUT2D eigenvalue weighted by atomic mass is 16.7. The first-order valence-corrected chi connectivity index (χ1v) is 9.65. The van der Waals surface area contributed by atoms with Crippen LogP contribution in [-0.4, -0.2) is 123 Å². The quantitative estimate of drug-likeness (QED) is 0.172. The standard InChI is InChI=1S/C17H30N2O12/c1-5(15(25)26)28-14-9(18)16(27)29-8(4-21)13(14)31-17-10(19-6(2)22)12(24)11(23)7(3-20)30-17/h5,7-14,16-17,20-21,23-24,27H,3-4,18H2,1-2H3,(H,19,22)(H,25,26). The van der Waals surface area contributed by atoms with E-state index in [-0.39, 0.29) is 0 Å². The minimum atomic E-state index is -1.61. The molecule has 14 heteroatoms. The molecule has 0 aliphatic carbocycles. The second kappa shape index (κ2) is 10.9. The van der Waals surface area contributed by atoms with Gasteiger partial charge in [-0.15, -0.1) is 0 Å². The summed E-state index contributed by atoms with van der Waals surface area (Å²) in [6, 6.07) is -2.60. The average molecular weight is 454 g/mol. The highest BCUT2D eigenvalue weighted by molar-refractivity contribution is 5.73. The minimum absolute atomic E-state index is 0.589. The maximum Gasteiger partial charge on any atom is 0.332 e. The van der Waals surface area contributed by atoms with Crippen LogP contribution in [0.1, 0.15) is 13.8 Å². The number of hydrogen-bond acceptors (Lipinski definition) is 12. The molecular formula is C17H30N2O12. The van der Waals surface area contributed by atoms with E-state index in [0.717, 1.165) is 6.92 Å². The molecule has 0 saturated carbocycles. The van der Waals surface area contributed by atoms with Crippen molar-refractivity contribution < 1.29 is 59.2 Å². The molecule has 11 atom stereocenters. The summed E-state index contributed by atoms with van der Waals surface area (Å²) < 4.78 is 21.9. The number of amides is 1. The predicted octanol–water partition coefficient (Wildman–Crippen LogP) is -4.79. The molecule has 2 heterocycles. The Morgan fingerprint density at radius 1 is 1.06 bits per heavy atom. The van der Waals surface area contributed by atoms with Crippen molar-refractivity contribution in [3.05, 3.63) is 0 Å². The summed E-state index contributed by atoms with van der Waals surface area (Å²) in [5, 5.41) is 61.2. The lowest BCUT2D eigenvalue weighted by atomic mass is 9.94. The van der Waals surface area contributed by atoms with Gasteiger partial charge in [0.05, 0.1) is 19.3 Å². The Kier molecular flexibility index (Phi) is 9.08. The fourth-order valence-electron chi connectivity index (χ4n) is 3.46. The first kappa shape index (κ1) is 25.8. The normalized spacial score (nSPS) is 42.1. The summed E-state index contributed by atoms with van der Waals surface area (Å²) in [5.74, 6) is -1.91. The third kappa shape index (κ3) is 5.87. The van der Waals surface area contributed by atoms with Crippen molar-refractivity contribution >= 4 is 11.9 Å². The second-order valence-electron chi connectivity index (χ2n) is 7.44. The van der Waals surface area contributed by atoms with Gasteiger partial charge in [0.2, 0.25) is 5.91 Å². The molecule has 2 aliphatic heterocycles. The van der Waals surface area contributed by atoms with Gasteiger partial charge >= 0.3 is 5.97 Å². The van der Waals surface area contributed by atoms with Crippen molar-refractivity contribution in [1.82, 2.24) is 5.32 Å². The molecule has 1 amide bonds. The van der Waals surface area contributed by atoms with E-state index in [1.165, 1.54) is 6.92 Å². The zero-order valence-corrected chi connectivity index (χ0v) is 17.0. The molecule has 0 aromatic carbocycles. The molecule has 180 valence electrons. The van der Waals surface area contributed by atoms with Crippen molar-refractivity contribution in [2.45, 2.75) is 81.2 Å². The van der Waals surface area contributed by atoms with Gasteiger partial charge in [-0.05, 0) is 6.92 Å². The van der Waals surface area contributed by atoms with Crippen LogP contribution in [0.25, 0.3) is 0 Å². The number of carbonyl (C=O) groups excluding carboxylic acids is 1. The third-order valence-corrected chi connectivity index (χ3v) is 5.14. The van der Waals surface area contributed by atoms with E-state index in [9.17, 15) is 35.1 Å². The molecule has 2 aliphatic rings. The minimum Gasteiger partial charge on any atom is -0.479 e. The van der Waals surface area contributed by atoms with Crippen LogP contribution in [-0.2, 0) is 28.5 Å². The summed E-state index contributed by atoms with van der Waals surface area (Å²) in [6.07, 6.45) is -12.8. The first-order valence-electron chi connectivity index (χ1n) is 9.65. The van der Waals surface area contributed by atoms with Gasteiger partial charge in [0.15, 0.2) is 18.7 Å². The van der Waals surface area contributed by atoms with E-state index in [1.54, 1.807) is 0 Å². The van der Waals surface area contributed by atoms with Crippen LogP contribution >= 0.6 is 0 Å². The lowest BCUT2D eigenvalue weighted by Crippen LogP contribution is -2.69. The molecule has 0 spiro atoms. The van der Waals surface area contributed by atoms with Gasteiger partial charge in [-0.2, -0.15) is 0 Å². The largest absolute Gasteiger partial charge is 0.479 e. The molecule has 9 N–H and O–H groups in total. The summed E-state index contributed by atoms with van der Waals surface area (Å²) in [7, 11) is 0. The number of ether oxygens (including phenoxy) is 4. The third-order valence-electron chi connectivity index (χ3n) is 5.14. The van der Waals surface area contributed by atoms with Gasteiger partial charge in [-0.25, -0.2) is 4.79 Å². The number of aliphatic carboxylic acids is 1. The Balaban J connectivity index is 2.34. The van der Waals surface area contributed by atoms with Crippen LogP contribution in [0.2, 0.25) is 0 Å². The molecule has 31 heavy (non-hydrogen) atoms. The molecule has 0 radical (unpaired) electrons. The van der Waals surface area contributed by atoms with Gasteiger partial charge in [0, 0.05) is 6.92 Å². The second-order valence-corrected chi connectivity index (χ2v) is 7.44. The molecule has 2 fully saturated rings. The topological polar surface area (TPSA) is 230 Å². The molecule has 0 aromatic heterocycles.